The van der Waals surface area contributed by atoms with E-state index in [-0.39, 0.29) is 0 Å². The zero-order chi connectivity index (χ0) is 9.84. The van der Waals surface area contributed by atoms with Gasteiger partial charge in [0.15, 0.2) is 0 Å². The Morgan fingerprint density at radius 3 is 2.92 bits per heavy atom. The number of ether oxygens (including phenoxy) is 1. The molecule has 5 heteroatoms. The Morgan fingerprint density at radius 2 is 2.38 bits per heavy atom. The number of rotatable bonds is 2. The maximum absolute atomic E-state index is 10.9. The number of hydrogen-bond acceptors (Lipinski definition) is 4. The molecule has 1 aromatic heterocycles. The Hall–Kier alpha value is -0.940. The van der Waals surface area contributed by atoms with Crippen LogP contribution in [0.5, 0.6) is 5.75 Å². The zero-order valence-electron chi connectivity index (χ0n) is 6.90. The summed E-state index contributed by atoms with van der Waals surface area (Å²) >= 11 is 3.17. The van der Waals surface area contributed by atoms with E-state index in [9.17, 15) is 4.79 Å². The van der Waals surface area contributed by atoms with Crippen molar-refractivity contribution in [3.05, 3.63) is 22.9 Å². The van der Waals surface area contributed by atoms with E-state index in [2.05, 4.69) is 20.9 Å². The molecule has 0 amide bonds. The summed E-state index contributed by atoms with van der Waals surface area (Å²) in [5, 5.41) is 8.84. The average molecular weight is 246 g/mol. The van der Waals surface area contributed by atoms with Crippen LogP contribution in [-0.2, 0) is 4.79 Å². The molecule has 0 aliphatic carbocycles. The van der Waals surface area contributed by atoms with Gasteiger partial charge < -0.3 is 9.84 Å². The maximum Gasteiger partial charge on any atom is 0.340 e. The van der Waals surface area contributed by atoms with Gasteiger partial charge in [0.2, 0.25) is 0 Å². The number of pyridine rings is 1. The summed E-state index contributed by atoms with van der Waals surface area (Å²) in [6.07, 6.45) is 1.84. The molecule has 1 heterocycles. The molecule has 0 bridgehead atoms. The maximum atomic E-state index is 10.9. The van der Waals surface area contributed by atoms with Crippen molar-refractivity contribution in [2.24, 2.45) is 0 Å². The van der Waals surface area contributed by atoms with Crippen LogP contribution in [0.1, 0.15) is 6.92 Å². The molecule has 1 unspecified atom stereocenters. The molecule has 70 valence electrons. The van der Waals surface area contributed by atoms with Gasteiger partial charge in [-0.25, -0.2) is 4.79 Å². The van der Waals surface area contributed by atoms with Crippen LogP contribution in [0, 0.1) is 0 Å². The predicted molar refractivity (Wildman–Crippen MR) is 49.3 cm³/mol. The second-order valence-electron chi connectivity index (χ2n) is 2.44. The number of aliphatic hydroxyl groups excluding tert-OH is 1. The Kier molecular flexibility index (Phi) is 3.39. The Labute approximate surface area is 83.7 Å². The van der Waals surface area contributed by atoms with Crippen molar-refractivity contribution in [2.45, 2.75) is 13.0 Å². The van der Waals surface area contributed by atoms with E-state index < -0.39 is 12.1 Å². The molecule has 0 fully saturated rings. The standard InChI is InChI=1S/C8H8BrNO3/c1-5(11)8(12)13-7-2-6(9)3-10-4-7/h2-5,11H,1H3. The number of aromatic nitrogens is 1. The van der Waals surface area contributed by atoms with Crippen LogP contribution in [-0.4, -0.2) is 22.2 Å². The van der Waals surface area contributed by atoms with Gasteiger partial charge in [0.1, 0.15) is 11.9 Å². The number of carbonyl (C=O) groups excluding carboxylic acids is 1. The minimum absolute atomic E-state index is 0.306. The predicted octanol–water partition coefficient (Wildman–Crippen LogP) is 1.13. The van der Waals surface area contributed by atoms with Crippen molar-refractivity contribution in [3.8, 4) is 5.75 Å². The topological polar surface area (TPSA) is 59.4 Å². The fourth-order valence-corrected chi connectivity index (χ4v) is 0.993. The number of nitrogens with zero attached hydrogens (tertiary/aromatic N) is 1. The molecule has 0 spiro atoms. The van der Waals surface area contributed by atoms with E-state index in [0.29, 0.717) is 10.2 Å². The van der Waals surface area contributed by atoms with Gasteiger partial charge >= 0.3 is 5.97 Å². The van der Waals surface area contributed by atoms with Gasteiger partial charge in [0, 0.05) is 10.7 Å². The van der Waals surface area contributed by atoms with E-state index in [1.54, 1.807) is 12.3 Å². The van der Waals surface area contributed by atoms with Crippen LogP contribution < -0.4 is 4.74 Å². The van der Waals surface area contributed by atoms with Gasteiger partial charge in [0.25, 0.3) is 0 Å². The second-order valence-corrected chi connectivity index (χ2v) is 3.35. The van der Waals surface area contributed by atoms with Crippen LogP contribution in [0.3, 0.4) is 0 Å². The number of esters is 1. The summed E-state index contributed by atoms with van der Waals surface area (Å²) in [5.74, 6) is -0.389. The quantitative estimate of drug-likeness (QED) is 0.794. The summed E-state index contributed by atoms with van der Waals surface area (Å²) in [7, 11) is 0. The highest BCUT2D eigenvalue weighted by atomic mass is 79.9. The van der Waals surface area contributed by atoms with Crippen molar-refractivity contribution in [1.29, 1.82) is 0 Å². The van der Waals surface area contributed by atoms with Crippen molar-refractivity contribution in [3.63, 3.8) is 0 Å². The van der Waals surface area contributed by atoms with E-state index in [1.165, 1.54) is 13.1 Å². The summed E-state index contributed by atoms with van der Waals surface area (Å²) in [6.45, 7) is 1.34. The second kappa shape index (κ2) is 4.34. The molecule has 0 saturated heterocycles. The smallest absolute Gasteiger partial charge is 0.340 e. The van der Waals surface area contributed by atoms with Crippen molar-refractivity contribution in [1.82, 2.24) is 4.98 Å². The fourth-order valence-electron chi connectivity index (χ4n) is 0.650. The van der Waals surface area contributed by atoms with E-state index >= 15 is 0 Å². The van der Waals surface area contributed by atoms with Gasteiger partial charge in [-0.2, -0.15) is 0 Å². The number of halogens is 1. The highest BCUT2D eigenvalue weighted by Gasteiger charge is 2.11. The Bertz CT molecular complexity index is 314. The number of aliphatic hydroxyl groups is 1. The van der Waals surface area contributed by atoms with E-state index in [1.807, 2.05) is 0 Å². The minimum Gasteiger partial charge on any atom is -0.423 e. The fraction of sp³-hybridized carbons (Fsp3) is 0.250. The molecule has 1 atom stereocenters. The van der Waals surface area contributed by atoms with Crippen molar-refractivity contribution >= 4 is 21.9 Å². The lowest BCUT2D eigenvalue weighted by Crippen LogP contribution is -2.22. The Balaban J connectivity index is 2.69. The summed E-state index contributed by atoms with van der Waals surface area (Å²) in [5.41, 5.74) is 0. The van der Waals surface area contributed by atoms with Crippen LogP contribution in [0.15, 0.2) is 22.9 Å². The van der Waals surface area contributed by atoms with Gasteiger partial charge in [0.05, 0.1) is 6.20 Å². The highest BCUT2D eigenvalue weighted by molar-refractivity contribution is 9.10. The molecule has 0 aliphatic heterocycles. The summed E-state index contributed by atoms with van der Waals surface area (Å²) in [4.78, 5) is 14.7. The minimum atomic E-state index is -1.13. The highest BCUT2D eigenvalue weighted by Crippen LogP contribution is 2.16. The lowest BCUT2D eigenvalue weighted by molar-refractivity contribution is -0.142. The SMILES string of the molecule is CC(O)C(=O)Oc1cncc(Br)c1. The van der Waals surface area contributed by atoms with E-state index in [4.69, 9.17) is 9.84 Å². The summed E-state index contributed by atoms with van der Waals surface area (Å²) in [6, 6.07) is 1.59. The van der Waals surface area contributed by atoms with Gasteiger partial charge in [-0.1, -0.05) is 0 Å². The molecule has 13 heavy (non-hydrogen) atoms. The first-order valence-corrected chi connectivity index (χ1v) is 4.39. The molecule has 4 nitrogen and oxygen atoms in total. The summed E-state index contributed by atoms with van der Waals surface area (Å²) < 4.78 is 5.49. The van der Waals surface area contributed by atoms with Gasteiger partial charge in [-0.3, -0.25) is 4.98 Å². The lowest BCUT2D eigenvalue weighted by atomic mass is 10.4. The first-order chi connectivity index (χ1) is 6.09. The van der Waals surface area contributed by atoms with Crippen LogP contribution in [0.25, 0.3) is 0 Å². The monoisotopic (exact) mass is 245 g/mol. The number of carbonyl (C=O) groups is 1. The molecule has 1 N–H and O–H groups in total. The molecular weight excluding hydrogens is 238 g/mol. The Morgan fingerprint density at radius 1 is 1.69 bits per heavy atom. The third-order valence-electron chi connectivity index (χ3n) is 1.24. The van der Waals surface area contributed by atoms with Crippen molar-refractivity contribution in [2.75, 3.05) is 0 Å². The molecule has 0 radical (unpaired) electrons. The van der Waals surface area contributed by atoms with Crippen molar-refractivity contribution < 1.29 is 14.6 Å². The van der Waals surface area contributed by atoms with Crippen LogP contribution in [0.2, 0.25) is 0 Å². The molecular formula is C8H8BrNO3. The van der Waals surface area contributed by atoms with Gasteiger partial charge in [-0.05, 0) is 28.9 Å². The van der Waals surface area contributed by atoms with E-state index in [0.717, 1.165) is 0 Å². The third kappa shape index (κ3) is 3.12. The average Bonchev–Trinajstić information content (AvgIpc) is 2.04. The first kappa shape index (κ1) is 10.1. The molecule has 1 rings (SSSR count). The molecule has 0 aliphatic rings. The molecule has 1 aromatic rings. The number of hydrogen-bond donors (Lipinski definition) is 1. The molecule has 0 saturated carbocycles. The zero-order valence-corrected chi connectivity index (χ0v) is 8.48. The van der Waals surface area contributed by atoms with Crippen LogP contribution in [0.4, 0.5) is 0 Å². The van der Waals surface area contributed by atoms with Crippen LogP contribution >= 0.6 is 15.9 Å². The third-order valence-corrected chi connectivity index (χ3v) is 1.67. The molecule has 0 aromatic carbocycles. The largest absolute Gasteiger partial charge is 0.423 e. The normalized spacial score (nSPS) is 12.2. The first-order valence-electron chi connectivity index (χ1n) is 3.60. The van der Waals surface area contributed by atoms with Gasteiger partial charge in [-0.15, -0.1) is 0 Å². The lowest BCUT2D eigenvalue weighted by Gasteiger charge is -2.05.